The summed E-state index contributed by atoms with van der Waals surface area (Å²) in [4.78, 5) is 22.0. The molecule has 0 saturated carbocycles. The first-order valence-corrected chi connectivity index (χ1v) is 10.4. The fourth-order valence-electron chi connectivity index (χ4n) is 3.22. The van der Waals surface area contributed by atoms with E-state index in [1.807, 2.05) is 6.07 Å². The molecule has 0 bridgehead atoms. The first kappa shape index (κ1) is 20.0. The van der Waals surface area contributed by atoms with Gasteiger partial charge in [-0.2, -0.15) is 0 Å². The summed E-state index contributed by atoms with van der Waals surface area (Å²) in [5, 5.41) is 13.4. The van der Waals surface area contributed by atoms with Gasteiger partial charge in [0.05, 0.1) is 16.2 Å². The van der Waals surface area contributed by atoms with Crippen LogP contribution in [0, 0.1) is 10.1 Å². The van der Waals surface area contributed by atoms with Crippen LogP contribution in [0.15, 0.2) is 47.4 Å². The Morgan fingerprint density at radius 2 is 1.86 bits per heavy atom. The highest BCUT2D eigenvalue weighted by Crippen LogP contribution is 2.23. The van der Waals surface area contributed by atoms with Crippen molar-refractivity contribution >= 4 is 21.6 Å². The van der Waals surface area contributed by atoms with Crippen molar-refractivity contribution in [3.05, 3.63) is 69.3 Å². The highest BCUT2D eigenvalue weighted by atomic mass is 32.2. The molecule has 9 heteroatoms. The molecule has 148 valence electrons. The van der Waals surface area contributed by atoms with Crippen molar-refractivity contribution in [1.29, 1.82) is 0 Å². The Balaban J connectivity index is 1.47. The molecule has 1 aliphatic carbocycles. The number of aryl methyl sites for hydroxylation is 2. The molecule has 28 heavy (non-hydrogen) atoms. The van der Waals surface area contributed by atoms with E-state index in [1.165, 1.54) is 29.3 Å². The van der Waals surface area contributed by atoms with Gasteiger partial charge in [0.1, 0.15) is 0 Å². The summed E-state index contributed by atoms with van der Waals surface area (Å²) in [5.41, 5.74) is 3.29. The molecule has 0 aromatic heterocycles. The number of carbonyl (C=O) groups excluding carboxylic acids is 1. The Kier molecular flexibility index (Phi) is 6.05. The summed E-state index contributed by atoms with van der Waals surface area (Å²) in [7, 11) is -3.89. The maximum atomic E-state index is 12.2. The van der Waals surface area contributed by atoms with Crippen molar-refractivity contribution in [2.45, 2.75) is 30.6 Å². The lowest BCUT2D eigenvalue weighted by molar-refractivity contribution is -0.385. The molecule has 0 unspecified atom stereocenters. The van der Waals surface area contributed by atoms with Crippen LogP contribution in [0.5, 0.6) is 0 Å². The molecule has 0 atom stereocenters. The summed E-state index contributed by atoms with van der Waals surface area (Å²) in [6, 6.07) is 10.9. The number of amides is 1. The summed E-state index contributed by atoms with van der Waals surface area (Å²) < 4.78 is 26.7. The summed E-state index contributed by atoms with van der Waals surface area (Å²) in [6.45, 7) is 0.110. The Bertz CT molecular complexity index is 1000. The Morgan fingerprint density at radius 1 is 1.07 bits per heavy atom. The zero-order valence-electron chi connectivity index (χ0n) is 15.2. The van der Waals surface area contributed by atoms with Crippen molar-refractivity contribution < 1.29 is 18.1 Å². The van der Waals surface area contributed by atoms with E-state index in [1.54, 1.807) is 0 Å². The second-order valence-electron chi connectivity index (χ2n) is 6.64. The smallest absolute Gasteiger partial charge is 0.270 e. The van der Waals surface area contributed by atoms with Crippen molar-refractivity contribution in [3.63, 3.8) is 0 Å². The summed E-state index contributed by atoms with van der Waals surface area (Å²) >= 11 is 0. The summed E-state index contributed by atoms with van der Waals surface area (Å²) in [5.74, 6) is -0.188. The molecule has 0 saturated heterocycles. The van der Waals surface area contributed by atoms with Crippen LogP contribution >= 0.6 is 0 Å². The Labute approximate surface area is 163 Å². The lowest BCUT2D eigenvalue weighted by Crippen LogP contribution is -2.35. The highest BCUT2D eigenvalue weighted by Gasteiger charge is 2.17. The van der Waals surface area contributed by atoms with Crippen LogP contribution in [0.4, 0.5) is 5.69 Å². The number of nitrogens with one attached hydrogen (secondary N) is 2. The molecule has 0 aliphatic heterocycles. The number of rotatable bonds is 8. The number of carbonyl (C=O) groups is 1. The molecular formula is C19H21N3O5S. The topological polar surface area (TPSA) is 118 Å². The van der Waals surface area contributed by atoms with Gasteiger partial charge in [-0.1, -0.05) is 24.3 Å². The second-order valence-corrected chi connectivity index (χ2v) is 8.40. The number of fused-ring (bicyclic) bond motifs is 1. The van der Waals surface area contributed by atoms with Crippen molar-refractivity contribution in [1.82, 2.24) is 10.0 Å². The monoisotopic (exact) mass is 403 g/mol. The van der Waals surface area contributed by atoms with E-state index < -0.39 is 14.9 Å². The van der Waals surface area contributed by atoms with Gasteiger partial charge in [-0.25, -0.2) is 13.1 Å². The van der Waals surface area contributed by atoms with Crippen molar-refractivity contribution in [3.8, 4) is 0 Å². The van der Waals surface area contributed by atoms with E-state index in [2.05, 4.69) is 22.2 Å². The number of nitro groups is 1. The summed E-state index contributed by atoms with van der Waals surface area (Å²) in [6.07, 6.45) is 3.53. The molecule has 2 aromatic carbocycles. The van der Waals surface area contributed by atoms with Gasteiger partial charge in [0, 0.05) is 25.2 Å². The molecule has 8 nitrogen and oxygen atoms in total. The molecule has 2 N–H and O–H groups in total. The van der Waals surface area contributed by atoms with E-state index in [4.69, 9.17) is 0 Å². The van der Waals surface area contributed by atoms with Crippen LogP contribution in [-0.4, -0.2) is 32.3 Å². The molecule has 0 heterocycles. The molecule has 1 amide bonds. The number of non-ortho nitro benzene ring substituents is 1. The van der Waals surface area contributed by atoms with Gasteiger partial charge in [0.2, 0.25) is 15.9 Å². The van der Waals surface area contributed by atoms with Gasteiger partial charge >= 0.3 is 0 Å². The van der Waals surface area contributed by atoms with Crippen LogP contribution in [-0.2, 0) is 34.1 Å². The average Bonchev–Trinajstić information content (AvgIpc) is 3.13. The molecule has 3 rings (SSSR count). The van der Waals surface area contributed by atoms with Gasteiger partial charge in [0.15, 0.2) is 0 Å². The predicted octanol–water partition coefficient (Wildman–Crippen LogP) is 1.72. The van der Waals surface area contributed by atoms with Crippen LogP contribution in [0.25, 0.3) is 0 Å². The third-order valence-corrected chi connectivity index (χ3v) is 6.06. The first-order valence-electron chi connectivity index (χ1n) is 8.97. The standard InChI is InChI=1S/C19H21N3O5S/c23-19(12-14-7-8-15-3-1-4-16(15)11-14)20-9-10-21-28(26,27)18-6-2-5-17(13-18)22(24)25/h2,5-8,11,13,21H,1,3-4,9-10,12H2,(H,20,23). The number of hydrogen-bond donors (Lipinski definition) is 2. The largest absolute Gasteiger partial charge is 0.355 e. The number of nitrogens with zero attached hydrogens (tertiary/aromatic N) is 1. The fraction of sp³-hybridized carbons (Fsp3) is 0.316. The van der Waals surface area contributed by atoms with Gasteiger partial charge < -0.3 is 5.32 Å². The molecule has 0 radical (unpaired) electrons. The van der Waals surface area contributed by atoms with Gasteiger partial charge in [0.25, 0.3) is 5.69 Å². The molecule has 0 spiro atoms. The maximum absolute atomic E-state index is 12.2. The zero-order valence-corrected chi connectivity index (χ0v) is 16.0. The number of nitro benzene ring substituents is 1. The minimum atomic E-state index is -3.89. The van der Waals surface area contributed by atoms with E-state index >= 15 is 0 Å². The third-order valence-electron chi connectivity index (χ3n) is 4.61. The minimum absolute atomic E-state index is 0.0129. The lowest BCUT2D eigenvalue weighted by atomic mass is 10.0. The van der Waals surface area contributed by atoms with Crippen LogP contribution < -0.4 is 10.0 Å². The Hall–Kier alpha value is -2.78. The lowest BCUT2D eigenvalue weighted by Gasteiger charge is -2.09. The van der Waals surface area contributed by atoms with E-state index in [0.29, 0.717) is 0 Å². The number of sulfonamides is 1. The fourth-order valence-corrected chi connectivity index (χ4v) is 4.29. The first-order chi connectivity index (χ1) is 13.3. The second kappa shape index (κ2) is 8.49. The van der Waals surface area contributed by atoms with Crippen LogP contribution in [0.1, 0.15) is 23.1 Å². The molecule has 0 fully saturated rings. The Morgan fingerprint density at radius 3 is 2.64 bits per heavy atom. The average molecular weight is 403 g/mol. The predicted molar refractivity (Wildman–Crippen MR) is 103 cm³/mol. The highest BCUT2D eigenvalue weighted by molar-refractivity contribution is 7.89. The number of benzene rings is 2. The minimum Gasteiger partial charge on any atom is -0.355 e. The van der Waals surface area contributed by atoms with Crippen molar-refractivity contribution in [2.24, 2.45) is 0 Å². The van der Waals surface area contributed by atoms with E-state index in [9.17, 15) is 23.3 Å². The maximum Gasteiger partial charge on any atom is 0.270 e. The molecule has 2 aromatic rings. The van der Waals surface area contributed by atoms with Gasteiger partial charge in [-0.3, -0.25) is 14.9 Å². The van der Waals surface area contributed by atoms with Crippen molar-refractivity contribution in [2.75, 3.05) is 13.1 Å². The van der Waals surface area contributed by atoms with Crippen LogP contribution in [0.3, 0.4) is 0 Å². The zero-order chi connectivity index (χ0) is 20.1. The molecular weight excluding hydrogens is 382 g/mol. The SMILES string of the molecule is O=C(Cc1ccc2c(c1)CCC2)NCCNS(=O)(=O)c1cccc([N+](=O)[O-])c1. The van der Waals surface area contributed by atoms with E-state index in [0.717, 1.165) is 30.9 Å². The molecule has 1 aliphatic rings. The van der Waals surface area contributed by atoms with Crippen LogP contribution in [0.2, 0.25) is 0 Å². The third kappa shape index (κ3) is 4.93. The van der Waals surface area contributed by atoms with E-state index in [-0.39, 0.29) is 36.0 Å². The normalized spacial score (nSPS) is 13.1. The quantitative estimate of drug-likeness (QED) is 0.395. The number of hydrogen-bond acceptors (Lipinski definition) is 5. The van der Waals surface area contributed by atoms with Gasteiger partial charge in [-0.15, -0.1) is 0 Å². The van der Waals surface area contributed by atoms with Gasteiger partial charge in [-0.05, 0) is 42.0 Å².